The average Bonchev–Trinajstić information content (AvgIpc) is 2.81. The minimum absolute atomic E-state index is 0.0963. The summed E-state index contributed by atoms with van der Waals surface area (Å²) < 4.78 is 4.80. The molecule has 2 aromatic rings. The first-order valence-corrected chi connectivity index (χ1v) is 8.30. The van der Waals surface area contributed by atoms with Gasteiger partial charge < -0.3 is 9.52 Å². The summed E-state index contributed by atoms with van der Waals surface area (Å²) in [7, 11) is 0. The van der Waals surface area contributed by atoms with Gasteiger partial charge in [-0.2, -0.15) is 11.8 Å². The standard InChI is InChI=1S/C12H10O4S.C2H6S/c1-7-5-9(13)11(12(15)16-7)10(14)6-8-3-2-4-17-8;1-3-2/h2-5,13H,6H2,1H3;1-2H3. The molecule has 0 saturated heterocycles. The van der Waals surface area contributed by atoms with E-state index < -0.39 is 11.4 Å². The summed E-state index contributed by atoms with van der Waals surface area (Å²) in [6.07, 6.45) is 4.18. The van der Waals surface area contributed by atoms with Crippen LogP contribution in [0.4, 0.5) is 0 Å². The summed E-state index contributed by atoms with van der Waals surface area (Å²) in [6, 6.07) is 4.89. The quantitative estimate of drug-likeness (QED) is 0.882. The molecule has 1 N–H and O–H groups in total. The molecular weight excluding hydrogens is 296 g/mol. The van der Waals surface area contributed by atoms with Crippen LogP contribution in [0.15, 0.2) is 32.8 Å². The number of rotatable bonds is 3. The van der Waals surface area contributed by atoms with Gasteiger partial charge in [0.25, 0.3) is 0 Å². The Morgan fingerprint density at radius 3 is 2.60 bits per heavy atom. The number of thiophene rings is 1. The van der Waals surface area contributed by atoms with Crippen LogP contribution in [-0.2, 0) is 6.42 Å². The van der Waals surface area contributed by atoms with E-state index in [1.54, 1.807) is 17.8 Å². The van der Waals surface area contributed by atoms with Crippen molar-refractivity contribution in [1.82, 2.24) is 0 Å². The van der Waals surface area contributed by atoms with Gasteiger partial charge >= 0.3 is 5.63 Å². The van der Waals surface area contributed by atoms with Crippen LogP contribution in [0.25, 0.3) is 0 Å². The number of aromatic hydroxyl groups is 1. The summed E-state index contributed by atoms with van der Waals surface area (Å²) >= 11 is 3.18. The Morgan fingerprint density at radius 2 is 2.10 bits per heavy atom. The summed E-state index contributed by atoms with van der Waals surface area (Å²) in [5, 5.41) is 11.4. The summed E-state index contributed by atoms with van der Waals surface area (Å²) in [4.78, 5) is 24.2. The predicted molar refractivity (Wildman–Crippen MR) is 83.2 cm³/mol. The van der Waals surface area contributed by atoms with Crippen LogP contribution in [0.1, 0.15) is 21.0 Å². The monoisotopic (exact) mass is 312 g/mol. The Morgan fingerprint density at radius 1 is 1.45 bits per heavy atom. The van der Waals surface area contributed by atoms with Gasteiger partial charge in [-0.3, -0.25) is 4.79 Å². The zero-order chi connectivity index (χ0) is 15.1. The number of carbonyl (C=O) groups is 1. The van der Waals surface area contributed by atoms with Crippen LogP contribution >= 0.6 is 23.1 Å². The number of Topliss-reactive ketones (excluding diaryl/α,β-unsaturated/α-hetero) is 1. The van der Waals surface area contributed by atoms with Crippen molar-refractivity contribution in [2.75, 3.05) is 12.5 Å². The number of ketones is 1. The van der Waals surface area contributed by atoms with Gasteiger partial charge in [0.15, 0.2) is 5.78 Å². The number of carbonyl (C=O) groups excluding carboxylic acids is 1. The fourth-order valence-corrected chi connectivity index (χ4v) is 2.22. The van der Waals surface area contributed by atoms with E-state index in [4.69, 9.17) is 4.42 Å². The molecule has 108 valence electrons. The molecule has 0 aliphatic heterocycles. The zero-order valence-electron chi connectivity index (χ0n) is 11.5. The van der Waals surface area contributed by atoms with Crippen molar-refractivity contribution in [3.05, 3.63) is 50.2 Å². The Labute approximate surface area is 125 Å². The first-order valence-electron chi connectivity index (χ1n) is 5.79. The van der Waals surface area contributed by atoms with Crippen LogP contribution in [0, 0.1) is 6.92 Å². The fraction of sp³-hybridized carbons (Fsp3) is 0.286. The lowest BCUT2D eigenvalue weighted by molar-refractivity contribution is 0.0986. The van der Waals surface area contributed by atoms with Gasteiger partial charge in [-0.15, -0.1) is 11.3 Å². The highest BCUT2D eigenvalue weighted by atomic mass is 32.2. The van der Waals surface area contributed by atoms with Gasteiger partial charge in [0.1, 0.15) is 17.1 Å². The third-order valence-corrected chi connectivity index (χ3v) is 3.12. The van der Waals surface area contributed by atoms with Crippen LogP contribution in [0.3, 0.4) is 0 Å². The van der Waals surface area contributed by atoms with E-state index in [-0.39, 0.29) is 23.5 Å². The molecule has 2 rings (SSSR count). The van der Waals surface area contributed by atoms with Gasteiger partial charge in [-0.05, 0) is 30.9 Å². The van der Waals surface area contributed by atoms with Gasteiger partial charge in [0.2, 0.25) is 0 Å². The molecular formula is C14H16O4S2. The topological polar surface area (TPSA) is 67.5 Å². The van der Waals surface area contributed by atoms with E-state index in [9.17, 15) is 14.7 Å². The molecule has 20 heavy (non-hydrogen) atoms. The minimum Gasteiger partial charge on any atom is -0.507 e. The van der Waals surface area contributed by atoms with Gasteiger partial charge in [-0.25, -0.2) is 4.79 Å². The van der Waals surface area contributed by atoms with Crippen LogP contribution in [-0.4, -0.2) is 23.4 Å². The molecule has 0 radical (unpaired) electrons. The van der Waals surface area contributed by atoms with Crippen molar-refractivity contribution in [1.29, 1.82) is 0 Å². The van der Waals surface area contributed by atoms with Crippen molar-refractivity contribution >= 4 is 28.9 Å². The minimum atomic E-state index is -0.788. The Bertz CT molecular complexity index is 615. The Balaban J connectivity index is 0.000000612. The largest absolute Gasteiger partial charge is 0.507 e. The van der Waals surface area contributed by atoms with Gasteiger partial charge in [-0.1, -0.05) is 6.07 Å². The van der Waals surface area contributed by atoms with E-state index in [1.165, 1.54) is 24.3 Å². The van der Waals surface area contributed by atoms with Crippen molar-refractivity contribution in [3.63, 3.8) is 0 Å². The predicted octanol–water partition coefficient (Wildman–Crippen LogP) is 3.12. The van der Waals surface area contributed by atoms with Crippen LogP contribution in [0.5, 0.6) is 5.75 Å². The van der Waals surface area contributed by atoms with Crippen molar-refractivity contribution in [2.45, 2.75) is 13.3 Å². The maximum atomic E-state index is 11.9. The maximum absolute atomic E-state index is 11.9. The van der Waals surface area contributed by atoms with Gasteiger partial charge in [0.05, 0.1) is 0 Å². The second-order valence-electron chi connectivity index (χ2n) is 3.99. The van der Waals surface area contributed by atoms with E-state index >= 15 is 0 Å². The van der Waals surface area contributed by atoms with Crippen molar-refractivity contribution in [2.24, 2.45) is 0 Å². The second-order valence-corrected chi connectivity index (χ2v) is 5.84. The highest BCUT2D eigenvalue weighted by Crippen LogP contribution is 2.18. The van der Waals surface area contributed by atoms with E-state index in [2.05, 4.69) is 0 Å². The molecule has 0 spiro atoms. The van der Waals surface area contributed by atoms with E-state index in [0.29, 0.717) is 0 Å². The molecule has 0 amide bonds. The third kappa shape index (κ3) is 4.54. The highest BCUT2D eigenvalue weighted by molar-refractivity contribution is 7.97. The van der Waals surface area contributed by atoms with Crippen molar-refractivity contribution in [3.8, 4) is 5.75 Å². The lowest BCUT2D eigenvalue weighted by Gasteiger charge is -2.01. The molecule has 0 bridgehead atoms. The maximum Gasteiger partial charge on any atom is 0.350 e. The SMILES string of the molecule is CSC.Cc1cc(O)c(C(=O)Cc2cccs2)c(=O)o1. The average molecular weight is 312 g/mol. The second kappa shape index (κ2) is 7.91. The van der Waals surface area contributed by atoms with Gasteiger partial charge in [0, 0.05) is 17.4 Å². The number of hydrogen-bond acceptors (Lipinski definition) is 6. The van der Waals surface area contributed by atoms with Crippen molar-refractivity contribution < 1.29 is 14.3 Å². The molecule has 0 aliphatic carbocycles. The fourth-order valence-electron chi connectivity index (χ4n) is 1.51. The molecule has 0 fully saturated rings. The first kappa shape index (κ1) is 16.5. The molecule has 0 unspecified atom stereocenters. The molecule has 0 saturated carbocycles. The molecule has 0 atom stereocenters. The van der Waals surface area contributed by atoms with E-state index in [0.717, 1.165) is 4.88 Å². The van der Waals surface area contributed by atoms with E-state index in [1.807, 2.05) is 24.0 Å². The van der Waals surface area contributed by atoms with Crippen LogP contribution in [0.2, 0.25) is 0 Å². The Hall–Kier alpha value is -1.53. The number of aryl methyl sites for hydroxylation is 1. The lowest BCUT2D eigenvalue weighted by Crippen LogP contribution is -2.16. The number of hydrogen-bond donors (Lipinski definition) is 1. The summed E-state index contributed by atoms with van der Waals surface area (Å²) in [6.45, 7) is 1.54. The molecule has 4 nitrogen and oxygen atoms in total. The Kier molecular flexibility index (Phi) is 6.54. The molecule has 0 aliphatic rings. The molecule has 2 heterocycles. The molecule has 6 heteroatoms. The third-order valence-electron chi connectivity index (χ3n) is 2.25. The highest BCUT2D eigenvalue weighted by Gasteiger charge is 2.18. The normalized spacial score (nSPS) is 9.75. The molecule has 2 aromatic heterocycles. The summed E-state index contributed by atoms with van der Waals surface area (Å²) in [5.41, 5.74) is -1.06. The van der Waals surface area contributed by atoms with Crippen LogP contribution < -0.4 is 5.63 Å². The summed E-state index contributed by atoms with van der Waals surface area (Å²) in [5.74, 6) is -0.473. The lowest BCUT2D eigenvalue weighted by atomic mass is 10.1. The zero-order valence-corrected chi connectivity index (χ0v) is 13.1. The number of thioether (sulfide) groups is 1. The smallest absolute Gasteiger partial charge is 0.350 e. The molecule has 0 aromatic carbocycles. The first-order chi connectivity index (χ1) is 9.49.